The Morgan fingerprint density at radius 1 is 0.518 bits per heavy atom. The third-order valence-electron chi connectivity index (χ3n) is 10.5. The fourth-order valence-electron chi connectivity index (χ4n) is 6.89. The van der Waals surface area contributed by atoms with Gasteiger partial charge in [0, 0.05) is 19.5 Å². The molecule has 0 aromatic carbocycles. The molecular weight excluding hydrogens is 703 g/mol. The van der Waals surface area contributed by atoms with E-state index in [4.69, 9.17) is 14.2 Å². The fraction of sp³-hybridized carbons (Fsp3) is 0.894. The minimum Gasteiger partial charge on any atom is -0.465 e. The number of alkyl carbamates (subject to hydrolysis) is 1. The maximum absolute atomic E-state index is 13.0. The van der Waals surface area contributed by atoms with E-state index in [9.17, 15) is 14.4 Å². The van der Waals surface area contributed by atoms with E-state index < -0.39 is 0 Å². The van der Waals surface area contributed by atoms with Crippen molar-refractivity contribution in [2.75, 3.05) is 66.6 Å². The van der Waals surface area contributed by atoms with E-state index in [-0.39, 0.29) is 23.9 Å². The molecule has 0 heterocycles. The highest BCUT2D eigenvalue weighted by Gasteiger charge is 2.19. The zero-order chi connectivity index (χ0) is 41.2. The zero-order valence-electron chi connectivity index (χ0n) is 37.5. The van der Waals surface area contributed by atoms with Crippen LogP contribution in [-0.2, 0) is 23.8 Å². The number of hydrogen-bond donors (Lipinski definition) is 1. The Balaban J connectivity index is 4.44. The summed E-state index contributed by atoms with van der Waals surface area (Å²) >= 11 is 0. The Kier molecular flexibility index (Phi) is 40.9. The second kappa shape index (κ2) is 42.5. The van der Waals surface area contributed by atoms with Crippen molar-refractivity contribution in [2.45, 2.75) is 201 Å². The van der Waals surface area contributed by atoms with Gasteiger partial charge < -0.3 is 24.4 Å². The number of hydrogen-bond acceptors (Lipinski definition) is 8. The number of carbonyl (C=O) groups excluding carboxylic acids is 3. The minimum absolute atomic E-state index is 0.0392. The molecule has 0 bridgehead atoms. The Morgan fingerprint density at radius 2 is 1.07 bits per heavy atom. The largest absolute Gasteiger partial charge is 0.465 e. The number of ether oxygens (including phenoxy) is 3. The maximum Gasteiger partial charge on any atom is 0.407 e. The van der Waals surface area contributed by atoms with Crippen LogP contribution in [0, 0.1) is 5.92 Å². The van der Waals surface area contributed by atoms with Gasteiger partial charge in [-0.2, -0.15) is 0 Å². The summed E-state index contributed by atoms with van der Waals surface area (Å²) in [6.07, 6.45) is 34.7. The van der Waals surface area contributed by atoms with Crippen LogP contribution in [0.3, 0.4) is 0 Å². The number of nitrogens with zero attached hydrogens (tertiary/aromatic N) is 2. The van der Waals surface area contributed by atoms with Crippen LogP contribution in [0.15, 0.2) is 12.2 Å². The summed E-state index contributed by atoms with van der Waals surface area (Å²) in [5.74, 6) is 0.0139. The van der Waals surface area contributed by atoms with Crippen molar-refractivity contribution in [2.24, 2.45) is 5.92 Å². The third kappa shape index (κ3) is 38.7. The van der Waals surface area contributed by atoms with Crippen molar-refractivity contribution >= 4 is 18.0 Å². The summed E-state index contributed by atoms with van der Waals surface area (Å²) in [4.78, 5) is 41.8. The minimum atomic E-state index is -0.347. The van der Waals surface area contributed by atoms with E-state index in [0.717, 1.165) is 116 Å². The van der Waals surface area contributed by atoms with Crippen LogP contribution in [0.2, 0.25) is 0 Å². The van der Waals surface area contributed by atoms with Crippen molar-refractivity contribution in [3.05, 3.63) is 12.2 Å². The van der Waals surface area contributed by atoms with Crippen molar-refractivity contribution in [3.8, 4) is 0 Å². The number of unbranched alkanes of at least 4 members (excludes halogenated alkanes) is 18. The summed E-state index contributed by atoms with van der Waals surface area (Å²) in [6, 6.07) is 0. The summed E-state index contributed by atoms with van der Waals surface area (Å²) < 4.78 is 16.7. The molecule has 0 saturated carbocycles. The van der Waals surface area contributed by atoms with E-state index in [1.165, 1.54) is 77.0 Å². The monoisotopic (exact) mass is 794 g/mol. The zero-order valence-corrected chi connectivity index (χ0v) is 37.5. The van der Waals surface area contributed by atoms with Crippen LogP contribution >= 0.6 is 0 Å². The first kappa shape index (κ1) is 53.9. The maximum atomic E-state index is 13.0. The van der Waals surface area contributed by atoms with Gasteiger partial charge in [-0.05, 0) is 97.9 Å². The highest BCUT2D eigenvalue weighted by Crippen LogP contribution is 2.21. The van der Waals surface area contributed by atoms with Crippen LogP contribution < -0.4 is 5.32 Å². The third-order valence-corrected chi connectivity index (χ3v) is 10.5. The summed E-state index contributed by atoms with van der Waals surface area (Å²) in [5, 5.41) is 2.85. The van der Waals surface area contributed by atoms with Gasteiger partial charge in [-0.1, -0.05) is 142 Å². The molecule has 0 aromatic rings. The average molecular weight is 794 g/mol. The lowest BCUT2D eigenvalue weighted by Gasteiger charge is -2.22. The predicted octanol–water partition coefficient (Wildman–Crippen LogP) is 11.8. The normalized spacial score (nSPS) is 12.1. The van der Waals surface area contributed by atoms with Crippen LogP contribution in [0.1, 0.15) is 201 Å². The fourth-order valence-corrected chi connectivity index (χ4v) is 6.89. The van der Waals surface area contributed by atoms with E-state index in [1.807, 2.05) is 14.1 Å². The lowest BCUT2D eigenvalue weighted by molar-refractivity contribution is -0.149. The van der Waals surface area contributed by atoms with Crippen molar-refractivity contribution in [3.63, 3.8) is 0 Å². The van der Waals surface area contributed by atoms with Gasteiger partial charge in [0.1, 0.15) is 6.61 Å². The Labute approximate surface area is 346 Å². The number of allylic oxidation sites excluding steroid dienone is 1. The Morgan fingerprint density at radius 3 is 1.73 bits per heavy atom. The molecule has 1 unspecified atom stereocenters. The second-order valence-corrected chi connectivity index (χ2v) is 16.2. The molecule has 9 heteroatoms. The molecule has 0 radical (unpaired) electrons. The molecule has 0 rings (SSSR count). The molecule has 1 atom stereocenters. The number of amides is 1. The van der Waals surface area contributed by atoms with E-state index >= 15 is 0 Å². The second-order valence-electron chi connectivity index (χ2n) is 16.2. The first-order valence-corrected chi connectivity index (χ1v) is 23.6. The summed E-state index contributed by atoms with van der Waals surface area (Å²) in [5.41, 5.74) is 0. The van der Waals surface area contributed by atoms with E-state index in [2.05, 4.69) is 48.0 Å². The molecule has 330 valence electrons. The van der Waals surface area contributed by atoms with Crippen LogP contribution in [0.25, 0.3) is 0 Å². The quantitative estimate of drug-likeness (QED) is 0.0282. The van der Waals surface area contributed by atoms with Gasteiger partial charge in [-0.3, -0.25) is 14.5 Å². The number of esters is 2. The molecule has 1 amide bonds. The molecule has 0 aliphatic carbocycles. The lowest BCUT2D eigenvalue weighted by atomic mass is 9.94. The summed E-state index contributed by atoms with van der Waals surface area (Å²) in [6.45, 7) is 12.2. The van der Waals surface area contributed by atoms with E-state index in [1.54, 1.807) is 0 Å². The van der Waals surface area contributed by atoms with Crippen LogP contribution in [0.5, 0.6) is 0 Å². The summed E-state index contributed by atoms with van der Waals surface area (Å²) in [7, 11) is 4.05. The molecule has 0 saturated heterocycles. The Hall–Kier alpha value is -2.13. The number of carbonyl (C=O) groups is 3. The highest BCUT2D eigenvalue weighted by molar-refractivity contribution is 5.72. The molecule has 0 aliphatic rings. The highest BCUT2D eigenvalue weighted by atomic mass is 16.5. The van der Waals surface area contributed by atoms with Crippen molar-refractivity contribution < 1.29 is 28.6 Å². The first-order chi connectivity index (χ1) is 27.3. The first-order valence-electron chi connectivity index (χ1n) is 23.6. The van der Waals surface area contributed by atoms with Gasteiger partial charge in [0.05, 0.1) is 19.1 Å². The number of nitrogens with one attached hydrogen (secondary N) is 1. The SMILES string of the molecule is CCCCC/C=C\CCOC(=O)CCCCCN(CCCCCCCCOC(=O)C(CCCCCC)CCCCCCCC)CCOC(=O)NCCCN(C)C. The molecule has 0 aliphatic heterocycles. The van der Waals surface area contributed by atoms with Crippen molar-refractivity contribution in [1.82, 2.24) is 15.1 Å². The molecule has 0 fully saturated rings. The van der Waals surface area contributed by atoms with Crippen molar-refractivity contribution in [1.29, 1.82) is 0 Å². The average Bonchev–Trinajstić information content (AvgIpc) is 3.18. The standard InChI is InChI=1S/C47H91N3O6/c1-6-9-12-15-18-22-30-41-54-45(51)35-27-24-29-39-50(40-43-56-47(53)48-36-32-37-49(4)5)38-28-21-17-19-23-31-42-55-46(52)44(33-25-14-11-8-3)34-26-20-16-13-10-7-2/h18,22,44H,6-17,19-21,23-43H2,1-5H3,(H,48,53)/b22-18-. The molecule has 1 N–H and O–H groups in total. The van der Waals surface area contributed by atoms with Gasteiger partial charge in [0.15, 0.2) is 0 Å². The molecule has 56 heavy (non-hydrogen) atoms. The van der Waals surface area contributed by atoms with Gasteiger partial charge in [0.25, 0.3) is 0 Å². The van der Waals surface area contributed by atoms with Gasteiger partial charge in [-0.25, -0.2) is 4.79 Å². The van der Waals surface area contributed by atoms with Crippen LogP contribution in [-0.4, -0.2) is 94.5 Å². The smallest absolute Gasteiger partial charge is 0.407 e. The van der Waals surface area contributed by atoms with Crippen LogP contribution in [0.4, 0.5) is 4.79 Å². The lowest BCUT2D eigenvalue weighted by Crippen LogP contribution is -2.33. The molecule has 9 nitrogen and oxygen atoms in total. The van der Waals surface area contributed by atoms with Gasteiger partial charge in [-0.15, -0.1) is 0 Å². The Bertz CT molecular complexity index is 914. The molecule has 0 spiro atoms. The molecule has 0 aromatic heterocycles. The number of rotatable bonds is 42. The predicted molar refractivity (Wildman–Crippen MR) is 235 cm³/mol. The van der Waals surface area contributed by atoms with Gasteiger partial charge in [0.2, 0.25) is 0 Å². The topological polar surface area (TPSA) is 97.4 Å². The van der Waals surface area contributed by atoms with E-state index in [0.29, 0.717) is 39.3 Å². The molecular formula is C47H91N3O6. The van der Waals surface area contributed by atoms with Gasteiger partial charge >= 0.3 is 18.0 Å².